The number of imidazole rings is 2. The van der Waals surface area contributed by atoms with Gasteiger partial charge in [-0.2, -0.15) is 0 Å². The van der Waals surface area contributed by atoms with Crippen molar-refractivity contribution in [3.63, 3.8) is 0 Å². The molecule has 3 aromatic heterocycles. The molecule has 8 heteroatoms. The zero-order valence-electron chi connectivity index (χ0n) is 15.2. The van der Waals surface area contributed by atoms with Gasteiger partial charge < -0.3 is 14.7 Å². The van der Waals surface area contributed by atoms with Gasteiger partial charge in [0.15, 0.2) is 11.5 Å². The molecule has 28 heavy (non-hydrogen) atoms. The van der Waals surface area contributed by atoms with Crippen LogP contribution in [-0.4, -0.2) is 36.6 Å². The number of nitrogens with zero attached hydrogens (tertiary/aromatic N) is 4. The number of ether oxygens (including phenoxy) is 1. The third-order valence-electron chi connectivity index (χ3n) is 4.61. The Balaban J connectivity index is 1.73. The number of H-pyrrole nitrogens is 2. The first kappa shape index (κ1) is 16.2. The van der Waals surface area contributed by atoms with Crippen molar-refractivity contribution < 1.29 is 4.74 Å². The van der Waals surface area contributed by atoms with E-state index in [0.29, 0.717) is 28.4 Å². The van der Waals surface area contributed by atoms with E-state index in [9.17, 15) is 4.79 Å². The predicted molar refractivity (Wildman–Crippen MR) is 106 cm³/mol. The van der Waals surface area contributed by atoms with Gasteiger partial charge in [0.2, 0.25) is 0 Å². The molecular formula is C20H16N6O2. The summed E-state index contributed by atoms with van der Waals surface area (Å²) in [6.07, 6.45) is 1.62. The first-order valence-electron chi connectivity index (χ1n) is 8.72. The molecule has 2 aromatic carbocycles. The van der Waals surface area contributed by atoms with Gasteiger partial charge in [-0.1, -0.05) is 12.1 Å². The van der Waals surface area contributed by atoms with Crippen molar-refractivity contribution in [2.75, 3.05) is 7.11 Å². The minimum atomic E-state index is -0.300. The molecule has 0 radical (unpaired) electrons. The first-order valence-corrected chi connectivity index (χ1v) is 8.72. The first-order chi connectivity index (χ1) is 13.6. The summed E-state index contributed by atoms with van der Waals surface area (Å²) in [7, 11) is 1.57. The third-order valence-corrected chi connectivity index (χ3v) is 4.61. The summed E-state index contributed by atoms with van der Waals surface area (Å²) < 4.78 is 6.91. The maximum Gasteiger partial charge on any atom is 0.332 e. The smallest absolute Gasteiger partial charge is 0.332 e. The number of aromatic nitrogens is 6. The summed E-state index contributed by atoms with van der Waals surface area (Å²) in [4.78, 5) is 32.1. The van der Waals surface area contributed by atoms with Crippen molar-refractivity contribution in [1.82, 2.24) is 29.5 Å². The lowest BCUT2D eigenvalue weighted by molar-refractivity contribution is 0.413. The topological polar surface area (TPSA) is 101 Å². The second-order valence-corrected chi connectivity index (χ2v) is 6.42. The summed E-state index contributed by atoms with van der Waals surface area (Å²) in [6, 6.07) is 13.1. The van der Waals surface area contributed by atoms with Gasteiger partial charge in [0.05, 0.1) is 30.0 Å². The van der Waals surface area contributed by atoms with Crippen LogP contribution < -0.4 is 10.4 Å². The summed E-state index contributed by atoms with van der Waals surface area (Å²) in [5, 5.41) is 0. The fourth-order valence-electron chi connectivity index (χ4n) is 3.35. The van der Waals surface area contributed by atoms with Crippen LogP contribution in [0, 0.1) is 6.92 Å². The maximum absolute atomic E-state index is 12.6. The number of nitrogens with one attached hydrogen (secondary N) is 2. The zero-order valence-corrected chi connectivity index (χ0v) is 15.2. The average molecular weight is 372 g/mol. The molecule has 0 saturated heterocycles. The van der Waals surface area contributed by atoms with Gasteiger partial charge in [0.25, 0.3) is 0 Å². The number of para-hydroxylation sites is 2. The van der Waals surface area contributed by atoms with Crippen LogP contribution in [0.25, 0.3) is 39.3 Å². The number of aromatic amines is 2. The zero-order chi connectivity index (χ0) is 19.3. The lowest BCUT2D eigenvalue weighted by Crippen LogP contribution is -2.15. The fourth-order valence-corrected chi connectivity index (χ4v) is 3.35. The molecule has 5 aromatic rings. The summed E-state index contributed by atoms with van der Waals surface area (Å²) in [5.41, 5.74) is 3.98. The Hall–Kier alpha value is -3.94. The molecule has 0 saturated carbocycles. The van der Waals surface area contributed by atoms with Crippen molar-refractivity contribution in [2.24, 2.45) is 0 Å². The molecule has 0 bridgehead atoms. The standard InChI is InChI=1S/C20H16N6O2/c1-11-22-13-8-7-12(9-14(13)23-11)18-21-10-15-19(25-18)26(20(27)24-15)16-5-3-4-6-17(16)28-2/h3-10H,1-2H3,(H,22,23)(H,24,27). The van der Waals surface area contributed by atoms with Gasteiger partial charge in [0.1, 0.15) is 17.1 Å². The van der Waals surface area contributed by atoms with Crippen molar-refractivity contribution in [3.05, 3.63) is 65.0 Å². The van der Waals surface area contributed by atoms with Crippen LogP contribution in [0.4, 0.5) is 0 Å². The Bertz CT molecular complexity index is 1400. The highest BCUT2D eigenvalue weighted by molar-refractivity contribution is 5.82. The van der Waals surface area contributed by atoms with Gasteiger partial charge in [0, 0.05) is 5.56 Å². The lowest BCUT2D eigenvalue weighted by atomic mass is 10.2. The second kappa shape index (κ2) is 6.05. The van der Waals surface area contributed by atoms with E-state index in [0.717, 1.165) is 22.4 Å². The van der Waals surface area contributed by atoms with E-state index in [-0.39, 0.29) is 5.69 Å². The number of methoxy groups -OCH3 is 1. The van der Waals surface area contributed by atoms with Crippen LogP contribution in [0.2, 0.25) is 0 Å². The number of benzene rings is 2. The molecule has 8 nitrogen and oxygen atoms in total. The van der Waals surface area contributed by atoms with E-state index in [2.05, 4.69) is 24.9 Å². The van der Waals surface area contributed by atoms with Crippen LogP contribution in [0.5, 0.6) is 5.75 Å². The Morgan fingerprint density at radius 1 is 1.04 bits per heavy atom. The van der Waals surface area contributed by atoms with Crippen LogP contribution in [0.1, 0.15) is 5.82 Å². The quantitative estimate of drug-likeness (QED) is 0.507. The largest absolute Gasteiger partial charge is 0.495 e. The van der Waals surface area contributed by atoms with Gasteiger partial charge in [-0.3, -0.25) is 0 Å². The van der Waals surface area contributed by atoms with Gasteiger partial charge in [-0.15, -0.1) is 0 Å². The molecule has 5 rings (SSSR count). The van der Waals surface area contributed by atoms with Crippen molar-refractivity contribution in [2.45, 2.75) is 6.92 Å². The Morgan fingerprint density at radius 3 is 2.75 bits per heavy atom. The number of fused-ring (bicyclic) bond motifs is 2. The molecule has 0 spiro atoms. The molecule has 0 aliphatic heterocycles. The summed E-state index contributed by atoms with van der Waals surface area (Å²) in [6.45, 7) is 1.91. The molecule has 0 aliphatic rings. The van der Waals surface area contributed by atoms with Crippen LogP contribution in [0.15, 0.2) is 53.5 Å². The third kappa shape index (κ3) is 2.46. The molecule has 3 heterocycles. The average Bonchev–Trinajstić information content (AvgIpc) is 3.24. The second-order valence-electron chi connectivity index (χ2n) is 6.42. The normalized spacial score (nSPS) is 11.4. The highest BCUT2D eigenvalue weighted by atomic mass is 16.5. The molecule has 0 fully saturated rings. The number of rotatable bonds is 3. The SMILES string of the molecule is COc1ccccc1-n1c(=O)[nH]c2cnc(-c3ccc4nc(C)[nH]c4c3)nc21. The van der Waals surface area contributed by atoms with E-state index in [1.165, 1.54) is 4.57 Å². The van der Waals surface area contributed by atoms with Crippen molar-refractivity contribution in [1.29, 1.82) is 0 Å². The highest BCUT2D eigenvalue weighted by Gasteiger charge is 2.15. The molecule has 0 aliphatic carbocycles. The Kier molecular flexibility index (Phi) is 3.51. The summed E-state index contributed by atoms with van der Waals surface area (Å²) in [5.74, 6) is 1.95. The number of hydrogen-bond acceptors (Lipinski definition) is 5. The van der Waals surface area contributed by atoms with E-state index in [1.807, 2.05) is 43.3 Å². The van der Waals surface area contributed by atoms with Crippen LogP contribution >= 0.6 is 0 Å². The van der Waals surface area contributed by atoms with Gasteiger partial charge in [-0.25, -0.2) is 24.3 Å². The number of aryl methyl sites for hydroxylation is 1. The minimum Gasteiger partial charge on any atom is -0.495 e. The van der Waals surface area contributed by atoms with Gasteiger partial charge >= 0.3 is 5.69 Å². The van der Waals surface area contributed by atoms with E-state index >= 15 is 0 Å². The van der Waals surface area contributed by atoms with Crippen LogP contribution in [0.3, 0.4) is 0 Å². The van der Waals surface area contributed by atoms with E-state index in [4.69, 9.17) is 4.74 Å². The summed E-state index contributed by atoms with van der Waals surface area (Å²) >= 11 is 0. The minimum absolute atomic E-state index is 0.300. The number of hydrogen-bond donors (Lipinski definition) is 2. The van der Waals surface area contributed by atoms with E-state index in [1.54, 1.807) is 19.4 Å². The molecular weight excluding hydrogens is 356 g/mol. The molecule has 0 unspecified atom stereocenters. The molecule has 0 amide bonds. The van der Waals surface area contributed by atoms with Crippen molar-refractivity contribution in [3.8, 4) is 22.8 Å². The predicted octanol–water partition coefficient (Wildman–Crippen LogP) is 2.97. The fraction of sp³-hybridized carbons (Fsp3) is 0.100. The van der Waals surface area contributed by atoms with Crippen LogP contribution in [-0.2, 0) is 0 Å². The Labute approximate surface area is 158 Å². The van der Waals surface area contributed by atoms with Crippen molar-refractivity contribution >= 4 is 22.2 Å². The highest BCUT2D eigenvalue weighted by Crippen LogP contribution is 2.25. The van der Waals surface area contributed by atoms with E-state index < -0.39 is 0 Å². The van der Waals surface area contributed by atoms with Gasteiger partial charge in [-0.05, 0) is 37.3 Å². The molecule has 138 valence electrons. The Morgan fingerprint density at radius 2 is 1.89 bits per heavy atom. The monoisotopic (exact) mass is 372 g/mol. The lowest BCUT2D eigenvalue weighted by Gasteiger charge is -2.09. The molecule has 0 atom stereocenters. The maximum atomic E-state index is 12.6. The molecule has 2 N–H and O–H groups in total.